The number of aliphatic carboxylic acids is 1. The summed E-state index contributed by atoms with van der Waals surface area (Å²) in [6.07, 6.45) is -0.0255. The molecule has 0 aliphatic carbocycles. The van der Waals surface area contributed by atoms with Crippen LogP contribution in [0.2, 0.25) is 0 Å². The minimum atomic E-state index is -3.22. The molecule has 1 fully saturated rings. The number of hydrogen-bond acceptors (Lipinski definition) is 5. The van der Waals surface area contributed by atoms with Crippen molar-refractivity contribution in [3.63, 3.8) is 0 Å². The first-order valence-corrected chi connectivity index (χ1v) is 9.44. The van der Waals surface area contributed by atoms with Crippen molar-refractivity contribution in [2.24, 2.45) is 5.92 Å². The highest BCUT2D eigenvalue weighted by Crippen LogP contribution is 2.17. The van der Waals surface area contributed by atoms with Crippen molar-refractivity contribution in [3.8, 4) is 0 Å². The van der Waals surface area contributed by atoms with Gasteiger partial charge in [-0.1, -0.05) is 13.8 Å². The lowest BCUT2D eigenvalue weighted by atomic mass is 10.0. The Labute approximate surface area is 137 Å². The summed E-state index contributed by atoms with van der Waals surface area (Å²) in [4.78, 5) is 22.9. The van der Waals surface area contributed by atoms with E-state index in [1.54, 1.807) is 6.92 Å². The molecule has 8 nitrogen and oxygen atoms in total. The monoisotopic (exact) mass is 350 g/mol. The molecule has 0 radical (unpaired) electrons. The van der Waals surface area contributed by atoms with Gasteiger partial charge in [-0.15, -0.1) is 0 Å². The molecule has 0 saturated carbocycles. The number of alkyl carbamates (subject to hydrolysis) is 1. The number of carbonyl (C=O) groups is 2. The SMILES string of the molecule is CCS(=O)(=O)N1CCC(OC(=O)N[C@@H](CC(C)C)C(=O)O)CC1. The van der Waals surface area contributed by atoms with Crippen molar-refractivity contribution in [3.05, 3.63) is 0 Å². The van der Waals surface area contributed by atoms with E-state index >= 15 is 0 Å². The first-order valence-electron chi connectivity index (χ1n) is 7.83. The first kappa shape index (κ1) is 19.7. The summed E-state index contributed by atoms with van der Waals surface area (Å²) in [7, 11) is -3.22. The Balaban J connectivity index is 2.46. The summed E-state index contributed by atoms with van der Waals surface area (Å²) < 4.78 is 30.1. The van der Waals surface area contributed by atoms with Gasteiger partial charge in [-0.05, 0) is 32.1 Å². The normalized spacial score (nSPS) is 18.6. The second-order valence-corrected chi connectivity index (χ2v) is 8.33. The van der Waals surface area contributed by atoms with Crippen LogP contribution in [-0.2, 0) is 19.6 Å². The van der Waals surface area contributed by atoms with Crippen molar-refractivity contribution in [1.29, 1.82) is 0 Å². The summed E-state index contributed by atoms with van der Waals surface area (Å²) >= 11 is 0. The molecule has 2 N–H and O–H groups in total. The van der Waals surface area contributed by atoms with E-state index in [-0.39, 0.29) is 11.7 Å². The highest BCUT2D eigenvalue weighted by atomic mass is 32.2. The lowest BCUT2D eigenvalue weighted by molar-refractivity contribution is -0.139. The van der Waals surface area contributed by atoms with Gasteiger partial charge in [-0.2, -0.15) is 0 Å². The molecule has 1 aliphatic rings. The minimum Gasteiger partial charge on any atom is -0.480 e. The van der Waals surface area contributed by atoms with Crippen molar-refractivity contribution < 1.29 is 27.9 Å². The Kier molecular flexibility index (Phi) is 7.27. The fraction of sp³-hybridized carbons (Fsp3) is 0.857. The second-order valence-electron chi connectivity index (χ2n) is 6.07. The molecule has 1 rings (SSSR count). The molecule has 1 saturated heterocycles. The van der Waals surface area contributed by atoms with Gasteiger partial charge in [-0.3, -0.25) is 0 Å². The van der Waals surface area contributed by atoms with Gasteiger partial charge in [0.1, 0.15) is 12.1 Å². The predicted octanol–water partition coefficient (Wildman–Crippen LogP) is 1.03. The molecular formula is C14H26N2O6S. The number of carboxylic acids is 1. The molecular weight excluding hydrogens is 324 g/mol. The largest absolute Gasteiger partial charge is 0.480 e. The highest BCUT2D eigenvalue weighted by Gasteiger charge is 2.29. The number of nitrogens with zero attached hydrogens (tertiary/aromatic N) is 1. The van der Waals surface area contributed by atoms with E-state index < -0.39 is 34.2 Å². The van der Waals surface area contributed by atoms with E-state index in [9.17, 15) is 18.0 Å². The Morgan fingerprint density at radius 3 is 2.30 bits per heavy atom. The van der Waals surface area contributed by atoms with E-state index in [0.717, 1.165) is 0 Å². The van der Waals surface area contributed by atoms with Crippen LogP contribution in [0.1, 0.15) is 40.0 Å². The van der Waals surface area contributed by atoms with Crippen LogP contribution < -0.4 is 5.32 Å². The van der Waals surface area contributed by atoms with Crippen LogP contribution in [0.25, 0.3) is 0 Å². The molecule has 134 valence electrons. The summed E-state index contributed by atoms with van der Waals surface area (Å²) in [5.41, 5.74) is 0. The number of hydrogen-bond donors (Lipinski definition) is 2. The lowest BCUT2D eigenvalue weighted by Crippen LogP contribution is -2.46. The van der Waals surface area contributed by atoms with E-state index in [4.69, 9.17) is 9.84 Å². The van der Waals surface area contributed by atoms with Crippen LogP contribution in [0.5, 0.6) is 0 Å². The average Bonchev–Trinajstić information content (AvgIpc) is 2.46. The van der Waals surface area contributed by atoms with Crippen LogP contribution >= 0.6 is 0 Å². The third kappa shape index (κ3) is 6.34. The summed E-state index contributed by atoms with van der Waals surface area (Å²) in [6, 6.07) is -0.983. The number of piperidine rings is 1. The van der Waals surface area contributed by atoms with Gasteiger partial charge < -0.3 is 15.2 Å². The Morgan fingerprint density at radius 1 is 1.30 bits per heavy atom. The van der Waals surface area contributed by atoms with Crippen molar-refractivity contribution in [1.82, 2.24) is 9.62 Å². The number of amides is 1. The van der Waals surface area contributed by atoms with E-state index in [1.165, 1.54) is 4.31 Å². The molecule has 0 unspecified atom stereocenters. The fourth-order valence-electron chi connectivity index (χ4n) is 2.43. The molecule has 1 aliphatic heterocycles. The van der Waals surface area contributed by atoms with Crippen LogP contribution in [-0.4, -0.2) is 60.9 Å². The molecule has 23 heavy (non-hydrogen) atoms. The zero-order chi connectivity index (χ0) is 17.6. The molecule has 0 aromatic heterocycles. The van der Waals surface area contributed by atoms with Gasteiger partial charge >= 0.3 is 12.1 Å². The van der Waals surface area contributed by atoms with Crippen LogP contribution in [0.3, 0.4) is 0 Å². The second kappa shape index (κ2) is 8.49. The number of ether oxygens (including phenoxy) is 1. The van der Waals surface area contributed by atoms with E-state index in [1.807, 2.05) is 13.8 Å². The van der Waals surface area contributed by atoms with E-state index in [0.29, 0.717) is 32.4 Å². The summed E-state index contributed by atoms with van der Waals surface area (Å²) in [5.74, 6) is -0.924. The molecule has 0 aromatic rings. The standard InChI is InChI=1S/C14H26N2O6S/c1-4-23(20,21)16-7-5-11(6-8-16)22-14(19)15-12(13(17)18)9-10(2)3/h10-12H,4-9H2,1-3H3,(H,15,19)(H,17,18)/t12-/m0/s1. The zero-order valence-corrected chi connectivity index (χ0v) is 14.6. The molecule has 0 aromatic carbocycles. The number of nitrogens with one attached hydrogen (secondary N) is 1. The van der Waals surface area contributed by atoms with Gasteiger partial charge in [-0.25, -0.2) is 22.3 Å². The van der Waals surface area contributed by atoms with Crippen molar-refractivity contribution >= 4 is 22.1 Å². The Bertz CT molecular complexity index is 511. The van der Waals surface area contributed by atoms with Crippen LogP contribution in [0.15, 0.2) is 0 Å². The predicted molar refractivity (Wildman–Crippen MR) is 84.6 cm³/mol. The Hall–Kier alpha value is -1.35. The molecule has 0 bridgehead atoms. The van der Waals surface area contributed by atoms with Gasteiger partial charge in [0.2, 0.25) is 10.0 Å². The van der Waals surface area contributed by atoms with E-state index in [2.05, 4.69) is 5.32 Å². The van der Waals surface area contributed by atoms with Gasteiger partial charge in [0.25, 0.3) is 0 Å². The van der Waals surface area contributed by atoms with Crippen molar-refractivity contribution in [2.75, 3.05) is 18.8 Å². The molecule has 1 heterocycles. The number of carboxylic acid groups (broad SMARTS) is 1. The number of carbonyl (C=O) groups excluding carboxylic acids is 1. The van der Waals surface area contributed by atoms with Gasteiger partial charge in [0, 0.05) is 13.1 Å². The third-order valence-corrected chi connectivity index (χ3v) is 5.61. The first-order chi connectivity index (χ1) is 10.7. The zero-order valence-electron chi connectivity index (χ0n) is 13.8. The fourth-order valence-corrected chi connectivity index (χ4v) is 3.56. The van der Waals surface area contributed by atoms with Crippen LogP contribution in [0.4, 0.5) is 4.79 Å². The van der Waals surface area contributed by atoms with Gasteiger partial charge in [0.15, 0.2) is 0 Å². The lowest BCUT2D eigenvalue weighted by Gasteiger charge is -2.30. The quantitative estimate of drug-likeness (QED) is 0.709. The third-order valence-electron chi connectivity index (χ3n) is 3.73. The Morgan fingerprint density at radius 2 is 1.87 bits per heavy atom. The topological polar surface area (TPSA) is 113 Å². The van der Waals surface area contributed by atoms with Gasteiger partial charge in [0.05, 0.1) is 5.75 Å². The average molecular weight is 350 g/mol. The molecule has 1 atom stereocenters. The number of sulfonamides is 1. The highest BCUT2D eigenvalue weighted by molar-refractivity contribution is 7.89. The maximum absolute atomic E-state index is 11.8. The summed E-state index contributed by atoms with van der Waals surface area (Å²) in [6.45, 7) is 5.94. The smallest absolute Gasteiger partial charge is 0.408 e. The molecule has 1 amide bonds. The number of rotatable bonds is 7. The maximum Gasteiger partial charge on any atom is 0.408 e. The van der Waals surface area contributed by atoms with Crippen LogP contribution in [0, 0.1) is 5.92 Å². The molecule has 0 spiro atoms. The molecule has 9 heteroatoms. The minimum absolute atomic E-state index is 0.0501. The van der Waals surface area contributed by atoms with Crippen molar-refractivity contribution in [2.45, 2.75) is 52.2 Å². The maximum atomic E-state index is 11.8. The summed E-state index contributed by atoms with van der Waals surface area (Å²) in [5, 5.41) is 11.4.